The number of hydrogen-bond donors (Lipinski definition) is 1. The molecule has 164 valence electrons. The van der Waals surface area contributed by atoms with E-state index in [1.807, 2.05) is 80.6 Å². The van der Waals surface area contributed by atoms with E-state index in [1.54, 1.807) is 0 Å². The highest BCUT2D eigenvalue weighted by atomic mass is 28.3. The smallest absolute Gasteiger partial charge is 0.205 e. The molecule has 1 N–H and O–H groups in total. The van der Waals surface area contributed by atoms with Gasteiger partial charge in [-0.05, 0) is 40.4 Å². The van der Waals surface area contributed by atoms with Gasteiger partial charge in [-0.1, -0.05) is 112 Å². The molecule has 0 spiro atoms. The summed E-state index contributed by atoms with van der Waals surface area (Å²) in [7, 11) is -3.09. The zero-order valence-electron chi connectivity index (χ0n) is 19.6. The number of benzene rings is 3. The molecule has 0 aliphatic carbocycles. The summed E-state index contributed by atoms with van der Waals surface area (Å²) in [5.74, 6) is 0. The fourth-order valence-corrected chi connectivity index (χ4v) is 9.79. The Morgan fingerprint density at radius 2 is 1.19 bits per heavy atom. The molecule has 0 saturated heterocycles. The monoisotopic (exact) mass is 440 g/mol. The normalized spacial score (nSPS) is 12.6. The molecule has 0 heterocycles. The van der Waals surface area contributed by atoms with Crippen LogP contribution in [0.3, 0.4) is 0 Å². The van der Waals surface area contributed by atoms with Crippen LogP contribution in [0.1, 0.15) is 46.3 Å². The molecule has 0 aliphatic heterocycles. The van der Waals surface area contributed by atoms with Crippen molar-refractivity contribution >= 4 is 23.9 Å². The minimum atomic E-state index is -3.09. The van der Waals surface area contributed by atoms with Crippen molar-refractivity contribution in [3.8, 4) is 0 Å². The average Bonchev–Trinajstić information content (AvgIpc) is 2.78. The molecule has 1 unspecified atom stereocenters. The van der Waals surface area contributed by atoms with Crippen LogP contribution in [0.2, 0.25) is 5.04 Å². The zero-order valence-corrected chi connectivity index (χ0v) is 20.6. The Morgan fingerprint density at radius 1 is 0.781 bits per heavy atom. The van der Waals surface area contributed by atoms with Crippen LogP contribution in [0, 0.1) is 0 Å². The van der Waals surface area contributed by atoms with Gasteiger partial charge in [-0.15, -0.1) is 5.73 Å². The molecule has 3 heteroatoms. The number of aliphatic hydroxyl groups is 1. The molecule has 0 fully saturated rings. The second kappa shape index (κ2) is 9.66. The van der Waals surface area contributed by atoms with E-state index in [-0.39, 0.29) is 10.4 Å². The number of carbonyl (C=O) groups is 1. The molecule has 3 aromatic rings. The molecule has 0 aliphatic rings. The Kier molecular flexibility index (Phi) is 7.15. The minimum Gasteiger partial charge on any atom is -0.383 e. The summed E-state index contributed by atoms with van der Waals surface area (Å²) in [6.07, 6.45) is -1.04. The van der Waals surface area contributed by atoms with Crippen molar-refractivity contribution in [1.29, 1.82) is 0 Å². The summed E-state index contributed by atoms with van der Waals surface area (Å²) in [4.78, 5) is 14.8. The van der Waals surface area contributed by atoms with Crippen LogP contribution in [0.4, 0.5) is 0 Å². The fourth-order valence-electron chi connectivity index (χ4n) is 4.53. The van der Waals surface area contributed by atoms with Crippen molar-refractivity contribution in [1.82, 2.24) is 0 Å². The minimum absolute atomic E-state index is 0.0000435. The van der Waals surface area contributed by atoms with E-state index >= 15 is 0 Å². The SMILES string of the molecule is CC(C)=C=C(C(=O)[Si](c1ccccc1)(c1ccccc1)C(C)(C)C)C(O)c1ccccc1. The van der Waals surface area contributed by atoms with Crippen molar-refractivity contribution in [3.63, 3.8) is 0 Å². The van der Waals surface area contributed by atoms with Crippen LogP contribution in [0.15, 0.2) is 108 Å². The van der Waals surface area contributed by atoms with E-state index < -0.39 is 14.2 Å². The van der Waals surface area contributed by atoms with E-state index in [0.29, 0.717) is 11.1 Å². The second-order valence-electron chi connectivity index (χ2n) is 9.41. The molecule has 0 bridgehead atoms. The van der Waals surface area contributed by atoms with Gasteiger partial charge in [0.15, 0.2) is 5.41 Å². The van der Waals surface area contributed by atoms with Crippen molar-refractivity contribution in [3.05, 3.63) is 113 Å². The topological polar surface area (TPSA) is 37.3 Å². The van der Waals surface area contributed by atoms with Gasteiger partial charge in [-0.3, -0.25) is 4.79 Å². The lowest BCUT2D eigenvalue weighted by Gasteiger charge is -2.43. The molecular formula is C29H32O2Si. The summed E-state index contributed by atoms with van der Waals surface area (Å²) in [6, 6.07) is 29.6. The molecule has 1 atom stereocenters. The zero-order chi connectivity index (χ0) is 23.4. The highest BCUT2D eigenvalue weighted by Crippen LogP contribution is 2.39. The van der Waals surface area contributed by atoms with Crippen LogP contribution in [-0.4, -0.2) is 18.6 Å². The van der Waals surface area contributed by atoms with Gasteiger partial charge in [0.2, 0.25) is 8.07 Å². The lowest BCUT2D eigenvalue weighted by atomic mass is 10.0. The number of hydrogen-bond acceptors (Lipinski definition) is 2. The Hall–Kier alpha value is -2.97. The highest BCUT2D eigenvalue weighted by Gasteiger charge is 2.55. The van der Waals surface area contributed by atoms with Gasteiger partial charge in [0.25, 0.3) is 0 Å². The molecule has 0 aromatic heterocycles. The molecule has 2 nitrogen and oxygen atoms in total. The molecule has 3 aromatic carbocycles. The lowest BCUT2D eigenvalue weighted by molar-refractivity contribution is -0.110. The number of carbonyl (C=O) groups excluding carboxylic acids is 1. The molecule has 0 radical (unpaired) electrons. The Balaban J connectivity index is 2.38. The summed E-state index contributed by atoms with van der Waals surface area (Å²) < 4.78 is 0. The van der Waals surface area contributed by atoms with Crippen LogP contribution in [0.5, 0.6) is 0 Å². The standard InChI is InChI=1S/C29H32O2Si/c1-22(2)21-26(27(30)23-15-9-6-10-16-23)28(31)32(29(3,4)5,24-17-11-7-12-18-24)25-19-13-8-14-20-25/h6-20,27,30H,1-5H3. The van der Waals surface area contributed by atoms with Crippen LogP contribution < -0.4 is 10.4 Å². The quantitative estimate of drug-likeness (QED) is 0.317. The van der Waals surface area contributed by atoms with Crippen LogP contribution in [0.25, 0.3) is 0 Å². The van der Waals surface area contributed by atoms with Gasteiger partial charge in [0, 0.05) is 0 Å². The van der Waals surface area contributed by atoms with E-state index in [1.165, 1.54) is 0 Å². The van der Waals surface area contributed by atoms with Crippen LogP contribution in [-0.2, 0) is 4.79 Å². The summed E-state index contributed by atoms with van der Waals surface area (Å²) in [6.45, 7) is 10.3. The molecule has 0 saturated carbocycles. The first-order valence-corrected chi connectivity index (χ1v) is 13.0. The molecule has 0 amide bonds. The predicted molar refractivity (Wildman–Crippen MR) is 136 cm³/mol. The first-order valence-electron chi connectivity index (χ1n) is 11.0. The Labute approximate surface area is 193 Å². The van der Waals surface area contributed by atoms with Crippen LogP contribution >= 0.6 is 0 Å². The van der Waals surface area contributed by atoms with Gasteiger partial charge in [0.1, 0.15) is 6.10 Å². The number of rotatable bonds is 6. The van der Waals surface area contributed by atoms with Crippen molar-refractivity contribution in [2.24, 2.45) is 0 Å². The highest BCUT2D eigenvalue weighted by molar-refractivity contribution is 7.25. The first kappa shape index (κ1) is 23.7. The van der Waals surface area contributed by atoms with Crippen molar-refractivity contribution < 1.29 is 9.90 Å². The third kappa shape index (κ3) is 4.47. The van der Waals surface area contributed by atoms with Gasteiger partial charge >= 0.3 is 0 Å². The van der Waals surface area contributed by atoms with Gasteiger partial charge < -0.3 is 5.11 Å². The third-order valence-electron chi connectivity index (χ3n) is 5.90. The average molecular weight is 441 g/mol. The Bertz CT molecular complexity index is 1080. The molecule has 3 rings (SSSR count). The molecular weight excluding hydrogens is 408 g/mol. The van der Waals surface area contributed by atoms with E-state index in [4.69, 9.17) is 0 Å². The summed E-state index contributed by atoms with van der Waals surface area (Å²) >= 11 is 0. The van der Waals surface area contributed by atoms with Crippen molar-refractivity contribution in [2.75, 3.05) is 0 Å². The van der Waals surface area contributed by atoms with Gasteiger partial charge in [-0.2, -0.15) is 0 Å². The second-order valence-corrected chi connectivity index (χ2v) is 14.0. The predicted octanol–water partition coefficient (Wildman–Crippen LogP) is 5.38. The maximum atomic E-state index is 14.8. The fraction of sp³-hybridized carbons (Fsp3) is 0.241. The number of aliphatic hydroxyl groups excluding tert-OH is 1. The molecule has 32 heavy (non-hydrogen) atoms. The maximum Gasteiger partial charge on any atom is 0.205 e. The van der Waals surface area contributed by atoms with Gasteiger partial charge in [-0.25, -0.2) is 0 Å². The third-order valence-corrected chi connectivity index (χ3v) is 11.5. The van der Waals surface area contributed by atoms with E-state index in [9.17, 15) is 9.90 Å². The van der Waals surface area contributed by atoms with Gasteiger partial charge in [0.05, 0.1) is 5.57 Å². The lowest BCUT2D eigenvalue weighted by Crippen LogP contribution is -2.70. The Morgan fingerprint density at radius 3 is 1.56 bits per heavy atom. The van der Waals surface area contributed by atoms with E-state index in [2.05, 4.69) is 50.8 Å². The van der Waals surface area contributed by atoms with Crippen molar-refractivity contribution in [2.45, 2.75) is 45.8 Å². The largest absolute Gasteiger partial charge is 0.383 e. The van der Waals surface area contributed by atoms with E-state index in [0.717, 1.165) is 15.9 Å². The maximum absolute atomic E-state index is 14.8. The summed E-state index contributed by atoms with van der Waals surface area (Å²) in [5, 5.41) is 13.1. The summed E-state index contributed by atoms with van der Waals surface area (Å²) in [5.41, 5.74) is 5.16. The first-order chi connectivity index (χ1) is 15.2.